The molecule has 0 amide bonds. The number of hydrogen-bond donors (Lipinski definition) is 1. The predicted octanol–water partition coefficient (Wildman–Crippen LogP) is 3.17. The van der Waals surface area contributed by atoms with Crippen molar-refractivity contribution in [3.8, 4) is 5.75 Å². The normalized spacial score (nSPS) is 11.8. The fourth-order valence-corrected chi connectivity index (χ4v) is 2.36. The second kappa shape index (κ2) is 6.98. The zero-order chi connectivity index (χ0) is 16.1. The first-order valence-corrected chi connectivity index (χ1v) is 7.14. The van der Waals surface area contributed by atoms with Crippen LogP contribution in [0.4, 0.5) is 5.69 Å². The maximum absolute atomic E-state index is 11.7. The Hall–Kier alpha value is -2.49. The SMILES string of the molecule is COc1ccc(CC(C(=O)O)c2cccc(N(C)C)c2)cc1. The van der Waals surface area contributed by atoms with Gasteiger partial charge in [-0.2, -0.15) is 0 Å². The van der Waals surface area contributed by atoms with E-state index in [1.807, 2.05) is 67.5 Å². The molecule has 0 heterocycles. The highest BCUT2D eigenvalue weighted by Crippen LogP contribution is 2.25. The molecule has 2 aromatic carbocycles. The van der Waals surface area contributed by atoms with Crippen LogP contribution in [-0.2, 0) is 11.2 Å². The van der Waals surface area contributed by atoms with Crippen molar-refractivity contribution in [2.45, 2.75) is 12.3 Å². The lowest BCUT2D eigenvalue weighted by Crippen LogP contribution is -2.16. The molecule has 0 aromatic heterocycles. The van der Waals surface area contributed by atoms with Gasteiger partial charge in [0.25, 0.3) is 0 Å². The fraction of sp³-hybridized carbons (Fsp3) is 0.278. The molecule has 0 aliphatic carbocycles. The van der Waals surface area contributed by atoms with Crippen LogP contribution in [0.25, 0.3) is 0 Å². The highest BCUT2D eigenvalue weighted by Gasteiger charge is 2.21. The van der Waals surface area contributed by atoms with E-state index >= 15 is 0 Å². The topological polar surface area (TPSA) is 49.8 Å². The third-order valence-electron chi connectivity index (χ3n) is 3.69. The number of carboxylic acids is 1. The number of methoxy groups -OCH3 is 1. The molecule has 1 unspecified atom stereocenters. The molecule has 116 valence electrons. The number of benzene rings is 2. The van der Waals surface area contributed by atoms with Crippen molar-refractivity contribution in [1.82, 2.24) is 0 Å². The molecule has 0 radical (unpaired) electrons. The van der Waals surface area contributed by atoms with Gasteiger partial charge in [-0.15, -0.1) is 0 Å². The quantitative estimate of drug-likeness (QED) is 0.890. The number of carboxylic acid groups (broad SMARTS) is 1. The van der Waals surface area contributed by atoms with Gasteiger partial charge in [0.15, 0.2) is 0 Å². The number of anilines is 1. The summed E-state index contributed by atoms with van der Waals surface area (Å²) in [6.07, 6.45) is 0.455. The van der Waals surface area contributed by atoms with Crippen LogP contribution in [0.1, 0.15) is 17.0 Å². The highest BCUT2D eigenvalue weighted by atomic mass is 16.5. The Labute approximate surface area is 131 Å². The summed E-state index contributed by atoms with van der Waals surface area (Å²) < 4.78 is 5.13. The second-order valence-corrected chi connectivity index (χ2v) is 5.43. The highest BCUT2D eigenvalue weighted by molar-refractivity contribution is 5.77. The Morgan fingerprint density at radius 1 is 1.18 bits per heavy atom. The van der Waals surface area contributed by atoms with E-state index in [-0.39, 0.29) is 0 Å². The Bertz CT molecular complexity index is 635. The number of aliphatic carboxylic acids is 1. The maximum Gasteiger partial charge on any atom is 0.311 e. The lowest BCUT2D eigenvalue weighted by Gasteiger charge is -2.17. The van der Waals surface area contributed by atoms with E-state index in [0.717, 1.165) is 22.6 Å². The minimum atomic E-state index is -0.813. The molecular weight excluding hydrogens is 278 g/mol. The molecule has 2 rings (SSSR count). The monoisotopic (exact) mass is 299 g/mol. The first-order valence-electron chi connectivity index (χ1n) is 7.14. The van der Waals surface area contributed by atoms with Crippen LogP contribution in [0.2, 0.25) is 0 Å². The van der Waals surface area contributed by atoms with Crippen molar-refractivity contribution in [2.24, 2.45) is 0 Å². The number of nitrogens with zero attached hydrogens (tertiary/aromatic N) is 1. The largest absolute Gasteiger partial charge is 0.497 e. The maximum atomic E-state index is 11.7. The van der Waals surface area contributed by atoms with Crippen molar-refractivity contribution in [3.63, 3.8) is 0 Å². The fourth-order valence-electron chi connectivity index (χ4n) is 2.36. The molecule has 0 spiro atoms. The van der Waals surface area contributed by atoms with Gasteiger partial charge in [0, 0.05) is 19.8 Å². The minimum Gasteiger partial charge on any atom is -0.497 e. The Morgan fingerprint density at radius 3 is 2.41 bits per heavy atom. The third-order valence-corrected chi connectivity index (χ3v) is 3.69. The molecule has 1 atom stereocenters. The van der Waals surface area contributed by atoms with E-state index in [4.69, 9.17) is 4.74 Å². The summed E-state index contributed by atoms with van der Waals surface area (Å²) in [6, 6.07) is 15.2. The molecule has 0 bridgehead atoms. The third kappa shape index (κ3) is 3.79. The zero-order valence-electron chi connectivity index (χ0n) is 13.1. The summed E-state index contributed by atoms with van der Waals surface area (Å²) in [6.45, 7) is 0. The molecule has 0 saturated heterocycles. The Kier molecular flexibility index (Phi) is 5.04. The molecule has 0 aliphatic rings. The molecule has 0 saturated carbocycles. The van der Waals surface area contributed by atoms with Crippen LogP contribution < -0.4 is 9.64 Å². The van der Waals surface area contributed by atoms with Crippen molar-refractivity contribution in [3.05, 3.63) is 59.7 Å². The first-order chi connectivity index (χ1) is 10.5. The molecule has 0 fully saturated rings. The summed E-state index contributed by atoms with van der Waals surface area (Å²) in [5.41, 5.74) is 2.79. The molecule has 2 aromatic rings. The average Bonchev–Trinajstić information content (AvgIpc) is 2.53. The average molecular weight is 299 g/mol. The summed E-state index contributed by atoms with van der Waals surface area (Å²) in [7, 11) is 5.50. The van der Waals surface area contributed by atoms with Gasteiger partial charge in [-0.25, -0.2) is 0 Å². The van der Waals surface area contributed by atoms with Gasteiger partial charge in [-0.1, -0.05) is 24.3 Å². The predicted molar refractivity (Wildman–Crippen MR) is 87.8 cm³/mol. The summed E-state index contributed by atoms with van der Waals surface area (Å²) in [4.78, 5) is 13.6. The van der Waals surface area contributed by atoms with E-state index in [2.05, 4.69) is 0 Å². The van der Waals surface area contributed by atoms with Crippen molar-refractivity contribution >= 4 is 11.7 Å². The van der Waals surface area contributed by atoms with Crippen molar-refractivity contribution < 1.29 is 14.6 Å². The van der Waals surface area contributed by atoms with E-state index in [1.165, 1.54) is 0 Å². The van der Waals surface area contributed by atoms with Crippen LogP contribution in [0.5, 0.6) is 5.75 Å². The number of rotatable bonds is 6. The minimum absolute atomic E-state index is 0.455. The second-order valence-electron chi connectivity index (χ2n) is 5.43. The van der Waals surface area contributed by atoms with Crippen LogP contribution in [0.15, 0.2) is 48.5 Å². The van der Waals surface area contributed by atoms with Crippen molar-refractivity contribution in [1.29, 1.82) is 0 Å². The van der Waals surface area contributed by atoms with E-state index in [9.17, 15) is 9.90 Å². The molecule has 22 heavy (non-hydrogen) atoms. The number of ether oxygens (including phenoxy) is 1. The van der Waals surface area contributed by atoms with Crippen LogP contribution in [0, 0.1) is 0 Å². The van der Waals surface area contributed by atoms with Crippen molar-refractivity contribution in [2.75, 3.05) is 26.1 Å². The van der Waals surface area contributed by atoms with E-state index in [0.29, 0.717) is 6.42 Å². The van der Waals surface area contributed by atoms with Crippen LogP contribution >= 0.6 is 0 Å². The van der Waals surface area contributed by atoms with E-state index in [1.54, 1.807) is 7.11 Å². The summed E-state index contributed by atoms with van der Waals surface area (Å²) in [5.74, 6) is -0.606. The molecule has 4 nitrogen and oxygen atoms in total. The van der Waals surface area contributed by atoms with Gasteiger partial charge >= 0.3 is 5.97 Å². The van der Waals surface area contributed by atoms with Gasteiger partial charge in [0.2, 0.25) is 0 Å². The smallest absolute Gasteiger partial charge is 0.311 e. The molecule has 4 heteroatoms. The Balaban J connectivity index is 2.26. The van der Waals surface area contributed by atoms with E-state index < -0.39 is 11.9 Å². The molecular formula is C18H21NO3. The van der Waals surface area contributed by atoms with Gasteiger partial charge < -0.3 is 14.7 Å². The van der Waals surface area contributed by atoms with Gasteiger partial charge in [0.1, 0.15) is 5.75 Å². The standard InChI is InChI=1S/C18H21NO3/c1-19(2)15-6-4-5-14(12-15)17(18(20)21)11-13-7-9-16(22-3)10-8-13/h4-10,12,17H,11H2,1-3H3,(H,20,21). The van der Waals surface area contributed by atoms with Crippen LogP contribution in [0.3, 0.4) is 0 Å². The summed E-state index contributed by atoms with van der Waals surface area (Å²) >= 11 is 0. The summed E-state index contributed by atoms with van der Waals surface area (Å²) in [5, 5.41) is 9.58. The lowest BCUT2D eigenvalue weighted by atomic mass is 9.91. The molecule has 0 aliphatic heterocycles. The van der Waals surface area contributed by atoms with Gasteiger partial charge in [-0.3, -0.25) is 4.79 Å². The number of carbonyl (C=O) groups is 1. The van der Waals surface area contributed by atoms with Crippen LogP contribution in [-0.4, -0.2) is 32.3 Å². The molecule has 1 N–H and O–H groups in total. The first kappa shape index (κ1) is 15.9. The zero-order valence-corrected chi connectivity index (χ0v) is 13.1. The van der Waals surface area contributed by atoms with Gasteiger partial charge in [0.05, 0.1) is 13.0 Å². The Morgan fingerprint density at radius 2 is 1.86 bits per heavy atom. The van der Waals surface area contributed by atoms with Gasteiger partial charge in [-0.05, 0) is 41.8 Å². The lowest BCUT2D eigenvalue weighted by molar-refractivity contribution is -0.138. The number of hydrogen-bond acceptors (Lipinski definition) is 3.